The predicted octanol–water partition coefficient (Wildman–Crippen LogP) is 3.27. The zero-order valence-corrected chi connectivity index (χ0v) is 11.9. The molecule has 0 saturated carbocycles. The van der Waals surface area contributed by atoms with E-state index in [0.717, 1.165) is 11.1 Å². The van der Waals surface area contributed by atoms with Crippen molar-refractivity contribution in [3.63, 3.8) is 0 Å². The molecule has 19 heavy (non-hydrogen) atoms. The molecule has 0 atom stereocenters. The van der Waals surface area contributed by atoms with Crippen molar-refractivity contribution < 1.29 is 10.2 Å². The van der Waals surface area contributed by atoms with E-state index in [2.05, 4.69) is 0 Å². The van der Waals surface area contributed by atoms with Gasteiger partial charge in [0.05, 0.1) is 10.8 Å². The molecule has 0 radical (unpaired) electrons. The van der Waals surface area contributed by atoms with E-state index in [-0.39, 0.29) is 10.8 Å². The fourth-order valence-corrected chi connectivity index (χ4v) is 2.82. The SMILES string of the molecule is OC(=Cc1ccccc1)[SiH2]C(O)=Cc1ccccc1. The molecule has 0 fully saturated rings. The summed E-state index contributed by atoms with van der Waals surface area (Å²) >= 11 is 0. The summed E-state index contributed by atoms with van der Waals surface area (Å²) in [6, 6.07) is 19.2. The molecule has 0 aliphatic heterocycles. The summed E-state index contributed by atoms with van der Waals surface area (Å²) in [5.41, 5.74) is 1.89. The van der Waals surface area contributed by atoms with Crippen molar-refractivity contribution in [1.29, 1.82) is 0 Å². The number of benzene rings is 2. The van der Waals surface area contributed by atoms with E-state index in [9.17, 15) is 10.2 Å². The first-order valence-corrected chi connectivity index (χ1v) is 7.54. The van der Waals surface area contributed by atoms with Crippen LogP contribution < -0.4 is 0 Å². The molecule has 96 valence electrons. The van der Waals surface area contributed by atoms with Gasteiger partial charge in [-0.3, -0.25) is 0 Å². The normalized spacial score (nSPS) is 13.1. The third-order valence-corrected chi connectivity index (χ3v) is 3.76. The van der Waals surface area contributed by atoms with Crippen LogP contribution in [0.15, 0.2) is 71.4 Å². The lowest BCUT2D eigenvalue weighted by Gasteiger charge is -2.00. The van der Waals surface area contributed by atoms with Gasteiger partial charge in [0.2, 0.25) is 0 Å². The van der Waals surface area contributed by atoms with Crippen LogP contribution in [0, 0.1) is 0 Å². The minimum Gasteiger partial charge on any atom is -0.518 e. The summed E-state index contributed by atoms with van der Waals surface area (Å²) in [7, 11) is -1.19. The van der Waals surface area contributed by atoms with Crippen LogP contribution in [0.2, 0.25) is 0 Å². The van der Waals surface area contributed by atoms with Crippen LogP contribution in [-0.4, -0.2) is 19.7 Å². The van der Waals surface area contributed by atoms with Gasteiger partial charge in [0.1, 0.15) is 0 Å². The molecule has 0 bridgehead atoms. The number of aliphatic hydroxyl groups is 2. The fourth-order valence-electron chi connectivity index (χ4n) is 1.77. The van der Waals surface area contributed by atoms with Crippen LogP contribution in [0.4, 0.5) is 0 Å². The number of rotatable bonds is 4. The number of hydrogen-bond acceptors (Lipinski definition) is 2. The van der Waals surface area contributed by atoms with Crippen LogP contribution >= 0.6 is 0 Å². The third-order valence-electron chi connectivity index (χ3n) is 2.63. The van der Waals surface area contributed by atoms with Crippen molar-refractivity contribution in [1.82, 2.24) is 0 Å². The van der Waals surface area contributed by atoms with Crippen molar-refractivity contribution in [2.24, 2.45) is 0 Å². The monoisotopic (exact) mass is 268 g/mol. The van der Waals surface area contributed by atoms with Crippen molar-refractivity contribution in [2.75, 3.05) is 0 Å². The standard InChI is InChI=1S/C16H16O2Si/c17-15(11-13-7-3-1-4-8-13)19-16(18)12-14-9-5-2-6-10-14/h1-12,17-18H,19H2. The van der Waals surface area contributed by atoms with E-state index in [1.807, 2.05) is 60.7 Å². The van der Waals surface area contributed by atoms with Crippen LogP contribution in [0.25, 0.3) is 12.2 Å². The largest absolute Gasteiger partial charge is 0.518 e. The maximum atomic E-state index is 9.87. The van der Waals surface area contributed by atoms with E-state index in [1.165, 1.54) is 0 Å². The van der Waals surface area contributed by atoms with Gasteiger partial charge in [0.25, 0.3) is 0 Å². The molecule has 0 amide bonds. The molecule has 0 heterocycles. The Balaban J connectivity index is 2.05. The maximum absolute atomic E-state index is 9.87. The quantitative estimate of drug-likeness (QED) is 0.660. The zero-order chi connectivity index (χ0) is 13.5. The molecule has 0 aliphatic rings. The molecular weight excluding hydrogens is 252 g/mol. The van der Waals surface area contributed by atoms with Crippen LogP contribution in [0.5, 0.6) is 0 Å². The Morgan fingerprint density at radius 2 is 1.05 bits per heavy atom. The minimum absolute atomic E-state index is 0.274. The van der Waals surface area contributed by atoms with Crippen LogP contribution in [0.3, 0.4) is 0 Å². The first kappa shape index (κ1) is 13.2. The topological polar surface area (TPSA) is 40.5 Å². The average molecular weight is 268 g/mol. The summed E-state index contributed by atoms with van der Waals surface area (Å²) in [5, 5.41) is 20.3. The molecule has 2 aromatic carbocycles. The summed E-state index contributed by atoms with van der Waals surface area (Å²) in [6.45, 7) is 0. The Hall–Kier alpha value is -2.26. The highest BCUT2D eigenvalue weighted by molar-refractivity contribution is 6.53. The highest BCUT2D eigenvalue weighted by atomic mass is 28.2. The minimum atomic E-state index is -1.19. The Morgan fingerprint density at radius 1 is 0.684 bits per heavy atom. The lowest BCUT2D eigenvalue weighted by molar-refractivity contribution is 0.434. The molecule has 0 aliphatic carbocycles. The summed E-state index contributed by atoms with van der Waals surface area (Å²) in [6.07, 6.45) is 3.42. The second kappa shape index (κ2) is 6.61. The van der Waals surface area contributed by atoms with Gasteiger partial charge >= 0.3 is 0 Å². The van der Waals surface area contributed by atoms with Crippen molar-refractivity contribution in [2.45, 2.75) is 0 Å². The maximum Gasteiger partial charge on any atom is 0.174 e. The van der Waals surface area contributed by atoms with Crippen LogP contribution in [0.1, 0.15) is 11.1 Å². The molecule has 2 aromatic rings. The smallest absolute Gasteiger partial charge is 0.174 e. The Bertz CT molecular complexity index is 521. The summed E-state index contributed by atoms with van der Waals surface area (Å²) in [5.74, 6) is 0. The van der Waals surface area contributed by atoms with Gasteiger partial charge in [-0.2, -0.15) is 0 Å². The van der Waals surface area contributed by atoms with Crippen molar-refractivity contribution in [3.8, 4) is 0 Å². The molecule has 0 aromatic heterocycles. The van der Waals surface area contributed by atoms with E-state index in [1.54, 1.807) is 12.2 Å². The molecular formula is C16H16O2Si. The summed E-state index contributed by atoms with van der Waals surface area (Å²) < 4.78 is 0. The van der Waals surface area contributed by atoms with Gasteiger partial charge in [-0.25, -0.2) is 0 Å². The van der Waals surface area contributed by atoms with Crippen molar-refractivity contribution >= 4 is 21.7 Å². The second-order valence-electron chi connectivity index (χ2n) is 4.27. The lowest BCUT2D eigenvalue weighted by atomic mass is 10.2. The Kier molecular flexibility index (Phi) is 4.58. The second-order valence-corrected chi connectivity index (χ2v) is 6.07. The molecule has 2 N–H and O–H groups in total. The van der Waals surface area contributed by atoms with E-state index in [0.29, 0.717) is 0 Å². The van der Waals surface area contributed by atoms with Gasteiger partial charge < -0.3 is 10.2 Å². The first-order valence-electron chi connectivity index (χ1n) is 6.13. The average Bonchev–Trinajstić information content (AvgIpc) is 2.40. The molecule has 2 nitrogen and oxygen atoms in total. The fraction of sp³-hybridized carbons (Fsp3) is 0. The molecule has 2 rings (SSSR count). The van der Waals surface area contributed by atoms with Crippen LogP contribution in [-0.2, 0) is 0 Å². The number of hydrogen-bond donors (Lipinski definition) is 2. The molecule has 0 unspecified atom stereocenters. The van der Waals surface area contributed by atoms with Crippen molar-refractivity contribution in [3.05, 3.63) is 82.6 Å². The van der Waals surface area contributed by atoms with E-state index in [4.69, 9.17) is 0 Å². The highest BCUT2D eigenvalue weighted by Gasteiger charge is 2.01. The van der Waals surface area contributed by atoms with E-state index < -0.39 is 9.52 Å². The molecule has 0 spiro atoms. The molecule has 3 heteroatoms. The Labute approximate surface area is 115 Å². The van der Waals surface area contributed by atoms with Gasteiger partial charge in [-0.15, -0.1) is 0 Å². The number of aliphatic hydroxyl groups excluding tert-OH is 2. The highest BCUT2D eigenvalue weighted by Crippen LogP contribution is 2.08. The lowest BCUT2D eigenvalue weighted by Crippen LogP contribution is -2.00. The third kappa shape index (κ3) is 4.48. The van der Waals surface area contributed by atoms with Gasteiger partial charge in [0, 0.05) is 0 Å². The first-order chi connectivity index (χ1) is 9.24. The Morgan fingerprint density at radius 3 is 1.42 bits per heavy atom. The van der Waals surface area contributed by atoms with Gasteiger partial charge in [-0.1, -0.05) is 60.7 Å². The molecule has 0 saturated heterocycles. The van der Waals surface area contributed by atoms with Gasteiger partial charge in [0.15, 0.2) is 9.52 Å². The summed E-state index contributed by atoms with van der Waals surface area (Å²) in [4.78, 5) is 0. The van der Waals surface area contributed by atoms with Gasteiger partial charge in [-0.05, 0) is 23.3 Å². The predicted molar refractivity (Wildman–Crippen MR) is 82.6 cm³/mol. The van der Waals surface area contributed by atoms with E-state index >= 15 is 0 Å². The zero-order valence-electron chi connectivity index (χ0n) is 10.5.